The molecule has 2 N–H and O–H groups in total. The highest BCUT2D eigenvalue weighted by Crippen LogP contribution is 2.48. The van der Waals surface area contributed by atoms with Crippen LogP contribution in [0, 0.1) is 0 Å². The van der Waals surface area contributed by atoms with Crippen LogP contribution in [0.25, 0.3) is 0 Å². The third-order valence-electron chi connectivity index (χ3n) is 6.53. The molecule has 0 unspecified atom stereocenters. The van der Waals surface area contributed by atoms with Crippen molar-refractivity contribution >= 4 is 36.4 Å². The fourth-order valence-electron chi connectivity index (χ4n) is 4.23. The van der Waals surface area contributed by atoms with Gasteiger partial charge in [-0.1, -0.05) is 77.8 Å². The average molecular weight is 419 g/mol. The molecule has 0 heterocycles. The summed E-state index contributed by atoms with van der Waals surface area (Å²) in [7, 11) is -15.3. The second-order valence-corrected chi connectivity index (χ2v) is 22.1. The molecule has 0 aliphatic carbocycles. The second kappa shape index (κ2) is 8.30. The van der Waals surface area contributed by atoms with Crippen molar-refractivity contribution in [3.05, 3.63) is 0 Å². The SMILES string of the molecule is CC[Si](CC)(CC)CC([Si](CC)(CC)CC)(S(=O)(=O)O)S(=O)(=O)O. The maximum atomic E-state index is 12.5. The highest BCUT2D eigenvalue weighted by molar-refractivity contribution is 8.08. The van der Waals surface area contributed by atoms with Crippen molar-refractivity contribution in [2.75, 3.05) is 0 Å². The molecule has 0 rings (SSSR count). The molecule has 24 heavy (non-hydrogen) atoms. The smallest absolute Gasteiger partial charge is 0.284 e. The van der Waals surface area contributed by atoms with Gasteiger partial charge < -0.3 is 0 Å². The van der Waals surface area contributed by atoms with Gasteiger partial charge in [-0.3, -0.25) is 9.11 Å². The highest BCUT2D eigenvalue weighted by Gasteiger charge is 2.68. The Balaban J connectivity index is 7.06. The standard InChI is InChI=1S/C14H34O6S2Si2/c1-7-23(8-2,9-3)13-14(21(15,16)17,22(18,19)20)24(10-4,11-5)12-6/h7-13H2,1-6H3,(H,15,16,17)(H,18,19,20). The Kier molecular flexibility index (Phi) is 8.39. The lowest BCUT2D eigenvalue weighted by atomic mass is 10.8. The summed E-state index contributed by atoms with van der Waals surface area (Å²) < 4.78 is 67.9. The first-order valence-corrected chi connectivity index (χ1v) is 17.1. The largest absolute Gasteiger partial charge is 0.285 e. The van der Waals surface area contributed by atoms with Crippen molar-refractivity contribution < 1.29 is 25.9 Å². The van der Waals surface area contributed by atoms with Crippen LogP contribution in [0.3, 0.4) is 0 Å². The van der Waals surface area contributed by atoms with E-state index in [4.69, 9.17) is 0 Å². The van der Waals surface area contributed by atoms with E-state index in [9.17, 15) is 25.9 Å². The second-order valence-electron chi connectivity index (χ2n) is 6.78. The minimum Gasteiger partial charge on any atom is -0.285 e. The van der Waals surface area contributed by atoms with Crippen molar-refractivity contribution in [1.29, 1.82) is 0 Å². The van der Waals surface area contributed by atoms with Gasteiger partial charge in [0, 0.05) is 0 Å². The quantitative estimate of drug-likeness (QED) is 0.387. The molecule has 0 saturated carbocycles. The molecule has 6 nitrogen and oxygen atoms in total. The Bertz CT molecular complexity index is 559. The van der Waals surface area contributed by atoms with Gasteiger partial charge in [0.1, 0.15) is 8.07 Å². The van der Waals surface area contributed by atoms with E-state index in [1.54, 1.807) is 20.8 Å². The van der Waals surface area contributed by atoms with Crippen LogP contribution < -0.4 is 0 Å². The summed E-state index contributed by atoms with van der Waals surface area (Å²) in [6.45, 7) is 11.2. The molecule has 0 radical (unpaired) electrons. The lowest BCUT2D eigenvalue weighted by Crippen LogP contribution is -2.68. The normalized spacial score (nSPS) is 14.8. The van der Waals surface area contributed by atoms with E-state index in [-0.39, 0.29) is 6.04 Å². The molecule has 0 atom stereocenters. The molecule has 0 aliphatic rings. The van der Waals surface area contributed by atoms with Gasteiger partial charge in [-0.2, -0.15) is 16.8 Å². The summed E-state index contributed by atoms with van der Waals surface area (Å²) in [5.74, 6) is 0. The van der Waals surface area contributed by atoms with Gasteiger partial charge in [-0.15, -0.1) is 0 Å². The first kappa shape index (κ1) is 24.3. The molecule has 146 valence electrons. The van der Waals surface area contributed by atoms with Crippen LogP contribution in [-0.2, 0) is 20.2 Å². The predicted octanol–water partition coefficient (Wildman–Crippen LogP) is 4.01. The summed E-state index contributed by atoms with van der Waals surface area (Å²) in [5.41, 5.74) is 0. The molecule has 0 fully saturated rings. The van der Waals surface area contributed by atoms with Crippen molar-refractivity contribution in [3.8, 4) is 0 Å². The number of hydrogen-bond donors (Lipinski definition) is 2. The van der Waals surface area contributed by atoms with E-state index >= 15 is 0 Å². The Labute approximate surface area is 150 Å². The molecule has 0 aromatic carbocycles. The van der Waals surface area contributed by atoms with Gasteiger partial charge >= 0.3 is 0 Å². The third-order valence-corrected chi connectivity index (χ3v) is 26.4. The van der Waals surface area contributed by atoms with Crippen molar-refractivity contribution in [2.24, 2.45) is 0 Å². The first-order valence-electron chi connectivity index (χ1n) is 8.76. The van der Waals surface area contributed by atoms with Gasteiger partial charge in [0.2, 0.25) is 3.70 Å². The van der Waals surface area contributed by atoms with Gasteiger partial charge in [0.25, 0.3) is 20.2 Å². The topological polar surface area (TPSA) is 109 Å². The summed E-state index contributed by atoms with van der Waals surface area (Å²) in [6.07, 6.45) is 0. The minimum absolute atomic E-state index is 0.108. The Morgan fingerprint density at radius 1 is 0.667 bits per heavy atom. The van der Waals surface area contributed by atoms with Gasteiger partial charge in [-0.05, 0) is 6.04 Å². The Morgan fingerprint density at radius 3 is 1.12 bits per heavy atom. The van der Waals surface area contributed by atoms with Crippen LogP contribution in [0.1, 0.15) is 41.5 Å². The molecule has 0 amide bonds. The Morgan fingerprint density at radius 2 is 0.958 bits per heavy atom. The molecular formula is C14H34O6S2Si2. The van der Waals surface area contributed by atoms with E-state index in [0.717, 1.165) is 0 Å². The maximum Gasteiger partial charge on any atom is 0.284 e. The van der Waals surface area contributed by atoms with Crippen molar-refractivity contribution in [3.63, 3.8) is 0 Å². The van der Waals surface area contributed by atoms with Crippen molar-refractivity contribution in [2.45, 2.75) is 87.6 Å². The lowest BCUT2D eigenvalue weighted by molar-refractivity contribution is 0.446. The number of rotatable bonds is 11. The zero-order valence-corrected chi connectivity index (χ0v) is 19.4. The monoisotopic (exact) mass is 418 g/mol. The van der Waals surface area contributed by atoms with Crippen LogP contribution in [0.15, 0.2) is 0 Å². The third kappa shape index (κ3) is 3.83. The zero-order chi connectivity index (χ0) is 19.4. The molecular weight excluding hydrogens is 384 g/mol. The van der Waals surface area contributed by atoms with E-state index in [1.165, 1.54) is 0 Å². The molecule has 0 aliphatic heterocycles. The maximum absolute atomic E-state index is 12.5. The molecule has 0 aromatic rings. The fraction of sp³-hybridized carbons (Fsp3) is 1.00. The van der Waals surface area contributed by atoms with Crippen LogP contribution in [0.4, 0.5) is 0 Å². The summed E-state index contributed by atoms with van der Waals surface area (Å²) in [5, 5.41) is 0. The molecule has 0 bridgehead atoms. The van der Waals surface area contributed by atoms with Crippen LogP contribution in [0.5, 0.6) is 0 Å². The van der Waals surface area contributed by atoms with Crippen LogP contribution in [-0.4, -0.2) is 45.8 Å². The van der Waals surface area contributed by atoms with E-state index in [1.807, 2.05) is 20.8 Å². The summed E-state index contributed by atoms with van der Waals surface area (Å²) >= 11 is 0. The molecule has 0 saturated heterocycles. The fourth-order valence-corrected chi connectivity index (χ4v) is 24.5. The zero-order valence-electron chi connectivity index (χ0n) is 15.8. The van der Waals surface area contributed by atoms with E-state index < -0.39 is 40.1 Å². The van der Waals surface area contributed by atoms with Gasteiger partial charge in [-0.25, -0.2) is 0 Å². The predicted molar refractivity (Wildman–Crippen MR) is 105 cm³/mol. The van der Waals surface area contributed by atoms with Crippen molar-refractivity contribution in [1.82, 2.24) is 0 Å². The average Bonchev–Trinajstić information content (AvgIpc) is 2.50. The van der Waals surface area contributed by atoms with Crippen LogP contribution in [0.2, 0.25) is 42.3 Å². The molecule has 0 aromatic heterocycles. The summed E-state index contributed by atoms with van der Waals surface area (Å²) in [4.78, 5) is 0. The first-order chi connectivity index (χ1) is 10.8. The highest BCUT2D eigenvalue weighted by atomic mass is 32.3. The van der Waals surface area contributed by atoms with E-state index in [0.29, 0.717) is 36.3 Å². The minimum atomic E-state index is -4.98. The van der Waals surface area contributed by atoms with Gasteiger partial charge in [0.15, 0.2) is 0 Å². The molecule has 0 spiro atoms. The number of hydrogen-bond acceptors (Lipinski definition) is 4. The van der Waals surface area contributed by atoms with Crippen LogP contribution >= 0.6 is 0 Å². The summed E-state index contributed by atoms with van der Waals surface area (Å²) in [6, 6.07) is 3.17. The van der Waals surface area contributed by atoms with Gasteiger partial charge in [0.05, 0.1) is 8.07 Å². The Hall–Kier alpha value is 0.254. The molecule has 10 heteroatoms. The lowest BCUT2D eigenvalue weighted by Gasteiger charge is -2.47. The van der Waals surface area contributed by atoms with E-state index in [2.05, 4.69) is 0 Å².